The SMILES string of the molecule is CCC(CC)(CC)NS(=O)(=O)c1c(C)ccc(C)c1N. The molecule has 0 aliphatic heterocycles. The minimum Gasteiger partial charge on any atom is -0.397 e. The van der Waals surface area contributed by atoms with Crippen LogP contribution in [0.5, 0.6) is 0 Å². The van der Waals surface area contributed by atoms with Gasteiger partial charge in [0.2, 0.25) is 10.0 Å². The zero-order valence-electron chi connectivity index (χ0n) is 13.1. The smallest absolute Gasteiger partial charge is 0.243 e. The fourth-order valence-electron chi connectivity index (χ4n) is 2.47. The highest BCUT2D eigenvalue weighted by molar-refractivity contribution is 7.89. The first-order valence-corrected chi connectivity index (χ1v) is 8.61. The van der Waals surface area contributed by atoms with Crippen molar-refractivity contribution in [3.63, 3.8) is 0 Å². The maximum Gasteiger partial charge on any atom is 0.243 e. The molecule has 0 radical (unpaired) electrons. The summed E-state index contributed by atoms with van der Waals surface area (Å²) in [6.07, 6.45) is 2.26. The molecule has 0 unspecified atom stereocenters. The van der Waals surface area contributed by atoms with E-state index in [0.29, 0.717) is 11.3 Å². The lowest BCUT2D eigenvalue weighted by Gasteiger charge is -2.32. The third kappa shape index (κ3) is 3.15. The molecule has 0 aliphatic carbocycles. The van der Waals surface area contributed by atoms with Crippen molar-refractivity contribution in [2.24, 2.45) is 0 Å². The van der Waals surface area contributed by atoms with Gasteiger partial charge in [-0.2, -0.15) is 0 Å². The molecule has 1 aromatic rings. The molecular formula is C15H26N2O2S. The molecule has 0 fully saturated rings. The van der Waals surface area contributed by atoms with Crippen LogP contribution in [-0.2, 0) is 10.0 Å². The second kappa shape index (κ2) is 6.14. The Kier molecular flexibility index (Phi) is 5.21. The molecule has 0 saturated carbocycles. The fourth-order valence-corrected chi connectivity index (χ4v) is 4.51. The first-order valence-electron chi connectivity index (χ1n) is 7.12. The van der Waals surface area contributed by atoms with E-state index >= 15 is 0 Å². The fraction of sp³-hybridized carbons (Fsp3) is 0.600. The highest BCUT2D eigenvalue weighted by Crippen LogP contribution is 2.29. The van der Waals surface area contributed by atoms with Crippen LogP contribution in [0.4, 0.5) is 5.69 Å². The van der Waals surface area contributed by atoms with E-state index in [1.807, 2.05) is 33.8 Å². The second-order valence-electron chi connectivity index (χ2n) is 5.39. The predicted molar refractivity (Wildman–Crippen MR) is 84.3 cm³/mol. The molecule has 1 aromatic carbocycles. The Bertz CT molecular complexity index is 568. The van der Waals surface area contributed by atoms with Gasteiger partial charge < -0.3 is 5.73 Å². The number of nitrogens with one attached hydrogen (secondary N) is 1. The standard InChI is InChI=1S/C15H26N2O2S/c1-6-15(7-2,8-3)17-20(18,19)14-12(5)10-9-11(4)13(14)16/h9-10,17H,6-8,16H2,1-5H3. The van der Waals surface area contributed by atoms with Gasteiger partial charge in [0.25, 0.3) is 0 Å². The van der Waals surface area contributed by atoms with Crippen molar-refractivity contribution < 1.29 is 8.42 Å². The van der Waals surface area contributed by atoms with E-state index in [-0.39, 0.29) is 4.90 Å². The summed E-state index contributed by atoms with van der Waals surface area (Å²) in [6.45, 7) is 9.60. The lowest BCUT2D eigenvalue weighted by atomic mass is 9.91. The summed E-state index contributed by atoms with van der Waals surface area (Å²) in [5.74, 6) is 0. The Morgan fingerprint density at radius 2 is 1.50 bits per heavy atom. The normalized spacial score (nSPS) is 12.7. The lowest BCUT2D eigenvalue weighted by Crippen LogP contribution is -2.47. The summed E-state index contributed by atoms with van der Waals surface area (Å²) >= 11 is 0. The highest BCUT2D eigenvalue weighted by Gasteiger charge is 2.32. The summed E-state index contributed by atoms with van der Waals surface area (Å²) in [6, 6.07) is 3.64. The lowest BCUT2D eigenvalue weighted by molar-refractivity contribution is 0.341. The van der Waals surface area contributed by atoms with Gasteiger partial charge in [-0.05, 0) is 44.2 Å². The topological polar surface area (TPSA) is 72.2 Å². The first-order chi connectivity index (χ1) is 9.23. The molecule has 0 aromatic heterocycles. The zero-order chi connectivity index (χ0) is 15.6. The molecular weight excluding hydrogens is 272 g/mol. The Balaban J connectivity index is 3.35. The van der Waals surface area contributed by atoms with Crippen LogP contribution in [0.25, 0.3) is 0 Å². The molecule has 0 bridgehead atoms. The number of rotatable bonds is 6. The number of benzene rings is 1. The monoisotopic (exact) mass is 298 g/mol. The molecule has 0 spiro atoms. The number of anilines is 1. The van der Waals surface area contributed by atoms with Gasteiger partial charge in [0.15, 0.2) is 0 Å². The van der Waals surface area contributed by atoms with Gasteiger partial charge in [-0.1, -0.05) is 32.9 Å². The van der Waals surface area contributed by atoms with E-state index in [4.69, 9.17) is 5.73 Å². The summed E-state index contributed by atoms with van der Waals surface area (Å²) in [5, 5.41) is 0. The molecule has 0 aliphatic rings. The molecule has 0 amide bonds. The third-order valence-electron chi connectivity index (χ3n) is 4.26. The van der Waals surface area contributed by atoms with E-state index in [1.54, 1.807) is 13.0 Å². The Hall–Kier alpha value is -1.07. The molecule has 5 heteroatoms. The van der Waals surface area contributed by atoms with Crippen LogP contribution < -0.4 is 10.5 Å². The average molecular weight is 298 g/mol. The minimum absolute atomic E-state index is 0.220. The van der Waals surface area contributed by atoms with Gasteiger partial charge in [-0.25, -0.2) is 13.1 Å². The average Bonchev–Trinajstić information content (AvgIpc) is 2.40. The van der Waals surface area contributed by atoms with Gasteiger partial charge in [-0.3, -0.25) is 0 Å². The van der Waals surface area contributed by atoms with Crippen molar-refractivity contribution in [2.75, 3.05) is 5.73 Å². The maximum atomic E-state index is 12.7. The van der Waals surface area contributed by atoms with Crippen LogP contribution >= 0.6 is 0 Å². The number of hydrogen-bond donors (Lipinski definition) is 2. The number of nitrogens with two attached hydrogens (primary N) is 1. The molecule has 3 N–H and O–H groups in total. The van der Waals surface area contributed by atoms with Crippen molar-refractivity contribution >= 4 is 15.7 Å². The first kappa shape index (κ1) is 17.0. The number of aryl methyl sites for hydroxylation is 2. The Morgan fingerprint density at radius 1 is 1.05 bits per heavy atom. The predicted octanol–water partition coefficient (Wildman–Crippen LogP) is 3.13. The van der Waals surface area contributed by atoms with Crippen LogP contribution in [0.3, 0.4) is 0 Å². The largest absolute Gasteiger partial charge is 0.397 e. The second-order valence-corrected chi connectivity index (χ2v) is 7.01. The number of hydrogen-bond acceptors (Lipinski definition) is 3. The molecule has 0 atom stereocenters. The van der Waals surface area contributed by atoms with Crippen LogP contribution in [0.2, 0.25) is 0 Å². The highest BCUT2D eigenvalue weighted by atomic mass is 32.2. The van der Waals surface area contributed by atoms with Crippen LogP contribution in [-0.4, -0.2) is 14.0 Å². The van der Waals surface area contributed by atoms with Crippen LogP contribution in [0.1, 0.15) is 51.2 Å². The Labute approximate surface area is 122 Å². The van der Waals surface area contributed by atoms with Gasteiger partial charge in [0, 0.05) is 5.54 Å². The minimum atomic E-state index is -3.61. The van der Waals surface area contributed by atoms with Crippen molar-refractivity contribution in [1.29, 1.82) is 0 Å². The molecule has 4 nitrogen and oxygen atoms in total. The summed E-state index contributed by atoms with van der Waals surface area (Å²) < 4.78 is 28.3. The van der Waals surface area contributed by atoms with Crippen molar-refractivity contribution in [1.82, 2.24) is 4.72 Å². The van der Waals surface area contributed by atoms with E-state index in [1.165, 1.54) is 0 Å². The van der Waals surface area contributed by atoms with Gasteiger partial charge in [0.05, 0.1) is 5.69 Å². The molecule has 114 valence electrons. The number of sulfonamides is 1. The zero-order valence-corrected chi connectivity index (χ0v) is 13.9. The van der Waals surface area contributed by atoms with Crippen LogP contribution in [0, 0.1) is 13.8 Å². The van der Waals surface area contributed by atoms with Gasteiger partial charge in [-0.15, -0.1) is 0 Å². The van der Waals surface area contributed by atoms with Gasteiger partial charge in [0.1, 0.15) is 4.90 Å². The van der Waals surface area contributed by atoms with E-state index < -0.39 is 15.6 Å². The van der Waals surface area contributed by atoms with Crippen molar-refractivity contribution in [2.45, 2.75) is 64.3 Å². The van der Waals surface area contributed by atoms with E-state index in [9.17, 15) is 8.42 Å². The van der Waals surface area contributed by atoms with Crippen LogP contribution in [0.15, 0.2) is 17.0 Å². The summed E-state index contributed by atoms with van der Waals surface area (Å²) in [5.41, 5.74) is 7.40. The third-order valence-corrected chi connectivity index (χ3v) is 6.04. The summed E-state index contributed by atoms with van der Waals surface area (Å²) in [4.78, 5) is 0.220. The molecule has 20 heavy (non-hydrogen) atoms. The van der Waals surface area contributed by atoms with E-state index in [2.05, 4.69) is 4.72 Å². The van der Waals surface area contributed by atoms with Crippen molar-refractivity contribution in [3.05, 3.63) is 23.3 Å². The Morgan fingerprint density at radius 3 is 1.95 bits per heavy atom. The molecule has 0 heterocycles. The number of nitrogen functional groups attached to an aromatic ring is 1. The molecule has 0 saturated heterocycles. The van der Waals surface area contributed by atoms with Crippen molar-refractivity contribution in [3.8, 4) is 0 Å². The van der Waals surface area contributed by atoms with E-state index in [0.717, 1.165) is 24.8 Å². The summed E-state index contributed by atoms with van der Waals surface area (Å²) in [7, 11) is -3.61. The maximum absolute atomic E-state index is 12.7. The molecule has 1 rings (SSSR count). The van der Waals surface area contributed by atoms with Gasteiger partial charge >= 0.3 is 0 Å². The quantitative estimate of drug-likeness (QED) is 0.792.